The van der Waals surface area contributed by atoms with E-state index in [0.717, 1.165) is 25.2 Å². The summed E-state index contributed by atoms with van der Waals surface area (Å²) < 4.78 is 5.36. The van der Waals surface area contributed by atoms with Crippen molar-refractivity contribution in [1.82, 2.24) is 10.2 Å². The summed E-state index contributed by atoms with van der Waals surface area (Å²) in [6.07, 6.45) is 0.926. The number of fused-ring (bicyclic) bond motifs is 2. The quantitative estimate of drug-likeness (QED) is 0.909. The van der Waals surface area contributed by atoms with Crippen LogP contribution in [0.25, 0.3) is 0 Å². The summed E-state index contributed by atoms with van der Waals surface area (Å²) in [5, 5.41) is 3.09. The van der Waals surface area contributed by atoms with Gasteiger partial charge in [-0.15, -0.1) is 0 Å². The van der Waals surface area contributed by atoms with Crippen molar-refractivity contribution in [1.29, 1.82) is 0 Å². The second-order valence-corrected chi connectivity index (χ2v) is 7.17. The number of nitrogens with zero attached hydrogens (tertiary/aromatic N) is 1. The highest BCUT2D eigenvalue weighted by Crippen LogP contribution is 2.40. The third-order valence-corrected chi connectivity index (χ3v) is 5.35. The van der Waals surface area contributed by atoms with Crippen molar-refractivity contribution in [3.8, 4) is 0 Å². The highest BCUT2D eigenvalue weighted by atomic mass is 16.5. The van der Waals surface area contributed by atoms with Crippen LogP contribution in [-0.2, 0) is 17.9 Å². The van der Waals surface area contributed by atoms with Crippen LogP contribution in [-0.4, -0.2) is 30.1 Å². The fraction of sp³-hybridized carbons (Fsp3) is 0.381. The molecule has 1 aliphatic carbocycles. The molecule has 2 heterocycles. The van der Waals surface area contributed by atoms with Gasteiger partial charge in [-0.3, -0.25) is 4.90 Å². The summed E-state index contributed by atoms with van der Waals surface area (Å²) in [5.41, 5.74) is 2.37. The minimum absolute atomic E-state index is 0.273. The lowest BCUT2D eigenvalue weighted by molar-refractivity contribution is -0.0186. The van der Waals surface area contributed by atoms with Gasteiger partial charge in [0.2, 0.25) is 0 Å². The number of amides is 1. The number of hydrogen-bond acceptors (Lipinski definition) is 3. The molecule has 4 heteroatoms. The van der Waals surface area contributed by atoms with Crippen LogP contribution in [0.1, 0.15) is 17.5 Å². The average molecular weight is 336 g/mol. The number of alkyl carbamates (subject to hydrolysis) is 1. The zero-order chi connectivity index (χ0) is 17.1. The van der Waals surface area contributed by atoms with E-state index >= 15 is 0 Å². The third kappa shape index (κ3) is 3.85. The van der Waals surface area contributed by atoms with Crippen LogP contribution >= 0.6 is 0 Å². The van der Waals surface area contributed by atoms with Gasteiger partial charge in [-0.25, -0.2) is 4.79 Å². The lowest BCUT2D eigenvalue weighted by Crippen LogP contribution is -2.64. The molecule has 0 spiro atoms. The molecule has 25 heavy (non-hydrogen) atoms. The van der Waals surface area contributed by atoms with E-state index in [0.29, 0.717) is 18.4 Å². The van der Waals surface area contributed by atoms with Gasteiger partial charge in [-0.05, 0) is 29.4 Å². The Labute approximate surface area is 148 Å². The zero-order valence-electron chi connectivity index (χ0n) is 14.3. The molecule has 0 aromatic heterocycles. The summed E-state index contributed by atoms with van der Waals surface area (Å²) >= 11 is 0. The normalized spacial score (nSPS) is 25.0. The topological polar surface area (TPSA) is 41.6 Å². The van der Waals surface area contributed by atoms with Crippen molar-refractivity contribution >= 4 is 6.09 Å². The Morgan fingerprint density at radius 1 is 0.960 bits per heavy atom. The minimum atomic E-state index is -0.292. The summed E-state index contributed by atoms with van der Waals surface area (Å²) in [7, 11) is 0. The first-order valence-corrected chi connectivity index (χ1v) is 9.01. The molecular weight excluding hydrogens is 312 g/mol. The number of rotatable bonds is 5. The molecule has 3 fully saturated rings. The minimum Gasteiger partial charge on any atom is -0.445 e. The molecule has 5 rings (SSSR count). The maximum atomic E-state index is 12.1. The number of ether oxygens (including phenoxy) is 1. The number of hydrogen-bond donors (Lipinski definition) is 1. The number of carbonyl (C=O) groups is 1. The van der Waals surface area contributed by atoms with E-state index in [9.17, 15) is 4.79 Å². The Morgan fingerprint density at radius 2 is 1.56 bits per heavy atom. The molecule has 2 aromatic carbocycles. The monoisotopic (exact) mass is 336 g/mol. The van der Waals surface area contributed by atoms with Gasteiger partial charge in [0.05, 0.1) is 0 Å². The van der Waals surface area contributed by atoms with Crippen LogP contribution in [0.15, 0.2) is 60.7 Å². The number of nitrogens with one attached hydrogen (secondary N) is 1. The van der Waals surface area contributed by atoms with Crippen molar-refractivity contribution in [3.05, 3.63) is 71.8 Å². The van der Waals surface area contributed by atoms with Crippen molar-refractivity contribution in [2.24, 2.45) is 11.8 Å². The second kappa shape index (κ2) is 7.28. The van der Waals surface area contributed by atoms with Crippen molar-refractivity contribution in [2.45, 2.75) is 25.6 Å². The lowest BCUT2D eigenvalue weighted by atomic mass is 9.66. The largest absolute Gasteiger partial charge is 0.445 e. The Bertz CT molecular complexity index is 692. The molecule has 2 aliphatic heterocycles. The number of benzene rings is 2. The van der Waals surface area contributed by atoms with Crippen LogP contribution in [0.2, 0.25) is 0 Å². The molecule has 1 N–H and O–H groups in total. The molecule has 1 saturated carbocycles. The average Bonchev–Trinajstić information content (AvgIpc) is 2.66. The Balaban J connectivity index is 1.24. The number of piperidine rings is 2. The first-order chi connectivity index (χ1) is 12.3. The molecule has 2 aromatic rings. The van der Waals surface area contributed by atoms with Crippen LogP contribution in [0.5, 0.6) is 0 Å². The van der Waals surface area contributed by atoms with Gasteiger partial charge in [0.15, 0.2) is 0 Å². The summed E-state index contributed by atoms with van der Waals surface area (Å²) in [6.45, 7) is 3.43. The predicted molar refractivity (Wildman–Crippen MR) is 96.9 cm³/mol. The molecular formula is C21H24N2O2. The first-order valence-electron chi connectivity index (χ1n) is 9.01. The van der Waals surface area contributed by atoms with E-state index in [4.69, 9.17) is 4.74 Å². The van der Waals surface area contributed by atoms with E-state index in [2.05, 4.69) is 40.5 Å². The maximum Gasteiger partial charge on any atom is 0.407 e. The van der Waals surface area contributed by atoms with Gasteiger partial charge < -0.3 is 10.1 Å². The molecule has 130 valence electrons. The van der Waals surface area contributed by atoms with Crippen LogP contribution < -0.4 is 5.32 Å². The standard InChI is InChI=1S/C21H24N2O2/c24-21(25-15-17-9-5-2-6-10-17)22-20-18-11-19(20)14-23(13-18)12-16-7-3-1-4-8-16/h1-10,18-20H,11-15H2,(H,22,24). The van der Waals surface area contributed by atoms with Crippen molar-refractivity contribution < 1.29 is 9.53 Å². The molecule has 3 aliphatic rings. The molecule has 2 saturated heterocycles. The fourth-order valence-corrected chi connectivity index (χ4v) is 4.09. The Kier molecular flexibility index (Phi) is 4.70. The third-order valence-electron chi connectivity index (χ3n) is 5.35. The Hall–Kier alpha value is -2.33. The van der Waals surface area contributed by atoms with E-state index in [1.165, 1.54) is 12.0 Å². The maximum absolute atomic E-state index is 12.1. The molecule has 2 bridgehead atoms. The van der Waals surface area contributed by atoms with E-state index in [-0.39, 0.29) is 12.1 Å². The van der Waals surface area contributed by atoms with Crippen LogP contribution in [0.4, 0.5) is 4.79 Å². The summed E-state index contributed by atoms with van der Waals surface area (Å²) in [4.78, 5) is 14.6. The molecule has 0 radical (unpaired) electrons. The van der Waals surface area contributed by atoms with Crippen molar-refractivity contribution in [2.75, 3.05) is 13.1 Å². The summed E-state index contributed by atoms with van der Waals surface area (Å²) in [5.74, 6) is 1.10. The molecule has 4 nitrogen and oxygen atoms in total. The van der Waals surface area contributed by atoms with Crippen LogP contribution in [0, 0.1) is 11.8 Å². The SMILES string of the molecule is O=C(NC1C2CC1CN(Cc1ccccc1)C2)OCc1ccccc1. The number of carbonyl (C=O) groups excluding carboxylic acids is 1. The fourth-order valence-electron chi connectivity index (χ4n) is 4.09. The van der Waals surface area contributed by atoms with E-state index in [1.807, 2.05) is 30.3 Å². The lowest BCUT2D eigenvalue weighted by Gasteiger charge is -2.53. The smallest absolute Gasteiger partial charge is 0.407 e. The van der Waals surface area contributed by atoms with Crippen molar-refractivity contribution in [3.63, 3.8) is 0 Å². The van der Waals surface area contributed by atoms with Gasteiger partial charge in [0.1, 0.15) is 6.61 Å². The van der Waals surface area contributed by atoms with Crippen LogP contribution in [0.3, 0.4) is 0 Å². The van der Waals surface area contributed by atoms with Gasteiger partial charge in [0.25, 0.3) is 0 Å². The van der Waals surface area contributed by atoms with E-state index < -0.39 is 0 Å². The highest BCUT2D eigenvalue weighted by Gasteiger charge is 2.47. The Morgan fingerprint density at radius 3 is 2.20 bits per heavy atom. The first kappa shape index (κ1) is 16.2. The molecule has 1 amide bonds. The van der Waals surface area contributed by atoms with Gasteiger partial charge in [-0.1, -0.05) is 60.7 Å². The second-order valence-electron chi connectivity index (χ2n) is 7.17. The van der Waals surface area contributed by atoms with E-state index in [1.54, 1.807) is 0 Å². The van der Waals surface area contributed by atoms with Gasteiger partial charge >= 0.3 is 6.09 Å². The molecule has 2 unspecified atom stereocenters. The highest BCUT2D eigenvalue weighted by molar-refractivity contribution is 5.68. The zero-order valence-corrected chi connectivity index (χ0v) is 14.3. The predicted octanol–water partition coefficient (Wildman–Crippen LogP) is 3.43. The summed E-state index contributed by atoms with van der Waals surface area (Å²) in [6, 6.07) is 20.7. The van der Waals surface area contributed by atoms with Gasteiger partial charge in [0, 0.05) is 25.7 Å². The van der Waals surface area contributed by atoms with Gasteiger partial charge in [-0.2, -0.15) is 0 Å². The molecule has 2 atom stereocenters.